The molecule has 0 saturated heterocycles. The van der Waals surface area contributed by atoms with E-state index in [1.807, 2.05) is 0 Å². The maximum Gasteiger partial charge on any atom is 0.422 e. The number of phenols is 2. The molecule has 7 nitrogen and oxygen atoms in total. The van der Waals surface area contributed by atoms with E-state index in [9.17, 15) is 50.5 Å². The molecule has 204 valence electrons. The molecule has 2 aromatic carbocycles. The first-order valence-electron chi connectivity index (χ1n) is 11.0. The summed E-state index contributed by atoms with van der Waals surface area (Å²) in [5.74, 6) is -13.7. The van der Waals surface area contributed by atoms with Gasteiger partial charge >= 0.3 is 6.18 Å². The van der Waals surface area contributed by atoms with E-state index in [0.717, 1.165) is 13.0 Å². The van der Waals surface area contributed by atoms with Crippen molar-refractivity contribution in [2.75, 3.05) is 0 Å². The molecule has 0 spiro atoms. The number of benzene rings is 2. The molecule has 3 aromatic rings. The molecule has 1 unspecified atom stereocenters. The number of phenolic OH excluding ortho intramolecular Hbond substituents is 2. The zero-order chi connectivity index (χ0) is 29.1. The number of aromatic nitrogens is 2. The fraction of sp³-hybridized carbons (Fsp3) is 0.240. The van der Waals surface area contributed by atoms with Crippen LogP contribution >= 0.6 is 0 Å². The van der Waals surface area contributed by atoms with Gasteiger partial charge in [-0.2, -0.15) is 18.3 Å². The van der Waals surface area contributed by atoms with Gasteiger partial charge in [-0.1, -0.05) is 0 Å². The Morgan fingerprint density at radius 3 is 2.10 bits per heavy atom. The summed E-state index contributed by atoms with van der Waals surface area (Å²) in [6.45, 7) is 4.86. The number of rotatable bonds is 2. The van der Waals surface area contributed by atoms with Crippen molar-refractivity contribution in [3.05, 3.63) is 68.2 Å². The van der Waals surface area contributed by atoms with Gasteiger partial charge in [0.05, 0.1) is 22.5 Å². The molecule has 1 atom stereocenters. The van der Waals surface area contributed by atoms with E-state index in [1.54, 1.807) is 0 Å². The second-order valence-electron chi connectivity index (χ2n) is 9.26. The summed E-state index contributed by atoms with van der Waals surface area (Å²) in [5, 5.41) is 25.0. The molecule has 2 heterocycles. The smallest absolute Gasteiger partial charge is 0.422 e. The third-order valence-electron chi connectivity index (χ3n) is 6.98. The Balaban J connectivity index is 1.82. The number of hydrogen-bond acceptors (Lipinski definition) is 6. The van der Waals surface area contributed by atoms with E-state index in [0.29, 0.717) is 0 Å². The third kappa shape index (κ3) is 3.14. The molecule has 1 aliphatic heterocycles. The quantitative estimate of drug-likeness (QED) is 0.243. The normalized spacial score (nSPS) is 17.9. The van der Waals surface area contributed by atoms with Crippen LogP contribution in [0.5, 0.6) is 17.2 Å². The number of ether oxygens (including phenoxy) is 1. The predicted octanol–water partition coefficient (Wildman–Crippen LogP) is 5.57. The Hall–Kier alpha value is -4.36. The summed E-state index contributed by atoms with van der Waals surface area (Å²) in [7, 11) is 0. The first kappa shape index (κ1) is 26.3. The first-order valence-corrected chi connectivity index (χ1v) is 11.0. The molecule has 0 saturated carbocycles. The second-order valence-corrected chi connectivity index (χ2v) is 9.26. The summed E-state index contributed by atoms with van der Waals surface area (Å²) in [4.78, 5) is 26.2. The molecule has 39 heavy (non-hydrogen) atoms. The standard InChI is InChI=1S/C25H15F7N2O5/c1-6-20(36)12(8(3)35)22-14(21(6)37)24(4)10(39-22)5-9-11(23(24)38)7(2)33-34(9)19-17(28)15(26)13(25(30,31)32)16(27)18(19)29/h5,36-37H,1-4H3. The van der Waals surface area contributed by atoms with E-state index in [4.69, 9.17) is 4.74 Å². The van der Waals surface area contributed by atoms with E-state index < -0.39 is 74.9 Å². The van der Waals surface area contributed by atoms with Crippen LogP contribution in [0, 0.1) is 37.1 Å². The highest BCUT2D eigenvalue weighted by Crippen LogP contribution is 2.58. The SMILES string of the molecule is CC(=O)c1c(O)c(C)c(O)c2c1OC1=Cc3c(c(C)nn3-c3c(F)c(F)c(C(F)(F)F)c(F)c3F)C(=O)C12C. The van der Waals surface area contributed by atoms with Crippen LogP contribution in [0.2, 0.25) is 0 Å². The van der Waals surface area contributed by atoms with Gasteiger partial charge in [0.15, 0.2) is 34.8 Å². The number of fused-ring (bicyclic) bond motifs is 4. The van der Waals surface area contributed by atoms with Gasteiger partial charge < -0.3 is 14.9 Å². The molecule has 0 radical (unpaired) electrons. The van der Waals surface area contributed by atoms with Crippen molar-refractivity contribution in [1.29, 1.82) is 0 Å². The lowest BCUT2D eigenvalue weighted by molar-refractivity contribution is -0.143. The number of aromatic hydroxyl groups is 2. The minimum absolute atomic E-state index is 0.143. The molecule has 0 amide bonds. The molecule has 2 N–H and O–H groups in total. The van der Waals surface area contributed by atoms with Crippen molar-refractivity contribution >= 4 is 17.6 Å². The molecule has 5 rings (SSSR count). The fourth-order valence-corrected chi connectivity index (χ4v) is 5.01. The summed E-state index contributed by atoms with van der Waals surface area (Å²) < 4.78 is 104. The van der Waals surface area contributed by atoms with Gasteiger partial charge in [-0.25, -0.2) is 22.2 Å². The van der Waals surface area contributed by atoms with E-state index >= 15 is 0 Å². The minimum atomic E-state index is -5.77. The minimum Gasteiger partial charge on any atom is -0.507 e. The molecule has 1 aromatic heterocycles. The zero-order valence-electron chi connectivity index (χ0n) is 20.2. The maximum absolute atomic E-state index is 14.9. The first-order chi connectivity index (χ1) is 18.0. The molecule has 1 aliphatic carbocycles. The van der Waals surface area contributed by atoms with Crippen LogP contribution in [-0.2, 0) is 11.6 Å². The third-order valence-corrected chi connectivity index (χ3v) is 6.98. The average molecular weight is 556 g/mol. The molecule has 2 aliphatic rings. The molecule has 0 fully saturated rings. The Bertz CT molecular complexity index is 1690. The largest absolute Gasteiger partial charge is 0.507 e. The van der Waals surface area contributed by atoms with Crippen LogP contribution in [0.25, 0.3) is 11.8 Å². The number of nitrogens with zero attached hydrogens (tertiary/aromatic N) is 2. The zero-order valence-corrected chi connectivity index (χ0v) is 20.2. The Morgan fingerprint density at radius 2 is 1.59 bits per heavy atom. The monoisotopic (exact) mass is 556 g/mol. The number of ketones is 2. The van der Waals surface area contributed by atoms with Crippen molar-refractivity contribution in [2.45, 2.75) is 39.3 Å². The lowest BCUT2D eigenvalue weighted by atomic mass is 9.71. The van der Waals surface area contributed by atoms with Gasteiger partial charge in [0, 0.05) is 11.6 Å². The van der Waals surface area contributed by atoms with Crippen LogP contribution in [0.4, 0.5) is 30.7 Å². The molecule has 0 bridgehead atoms. The van der Waals surface area contributed by atoms with Crippen LogP contribution in [0.3, 0.4) is 0 Å². The highest BCUT2D eigenvalue weighted by Gasteiger charge is 2.56. The van der Waals surface area contributed by atoms with Crippen molar-refractivity contribution in [3.8, 4) is 22.9 Å². The number of halogens is 7. The predicted molar refractivity (Wildman–Crippen MR) is 118 cm³/mol. The maximum atomic E-state index is 14.9. The van der Waals surface area contributed by atoms with Crippen LogP contribution in [-0.4, -0.2) is 31.6 Å². The molecular formula is C25H15F7N2O5. The van der Waals surface area contributed by atoms with Crippen molar-refractivity contribution in [2.24, 2.45) is 0 Å². The van der Waals surface area contributed by atoms with Gasteiger partial charge in [-0.3, -0.25) is 9.59 Å². The summed E-state index contributed by atoms with van der Waals surface area (Å²) in [6.07, 6.45) is -4.78. The highest BCUT2D eigenvalue weighted by molar-refractivity contribution is 6.14. The summed E-state index contributed by atoms with van der Waals surface area (Å²) in [6, 6.07) is 0. The number of Topliss-reactive ketones (excluding diaryl/α,β-unsaturated/α-hetero) is 2. The molecule has 14 heteroatoms. The highest BCUT2D eigenvalue weighted by atomic mass is 19.4. The van der Waals surface area contributed by atoms with Crippen molar-refractivity contribution in [3.63, 3.8) is 0 Å². The Kier molecular flexibility index (Phi) is 5.27. The van der Waals surface area contributed by atoms with Gasteiger partial charge in [0.25, 0.3) is 0 Å². The van der Waals surface area contributed by atoms with Crippen molar-refractivity contribution in [1.82, 2.24) is 9.78 Å². The van der Waals surface area contributed by atoms with E-state index in [2.05, 4.69) is 5.10 Å². The number of aryl methyl sites for hydroxylation is 1. The van der Waals surface area contributed by atoms with E-state index in [-0.39, 0.29) is 44.1 Å². The van der Waals surface area contributed by atoms with E-state index in [1.165, 1.54) is 20.8 Å². The average Bonchev–Trinajstić information content (AvgIpc) is 3.30. The number of hydrogen-bond donors (Lipinski definition) is 2. The Morgan fingerprint density at radius 1 is 1.03 bits per heavy atom. The number of carbonyl (C=O) groups is 2. The lowest BCUT2D eigenvalue weighted by Crippen LogP contribution is -2.36. The van der Waals surface area contributed by atoms with Gasteiger partial charge in [0.1, 0.15) is 45.2 Å². The Labute approximate surface area is 213 Å². The van der Waals surface area contributed by atoms with Gasteiger partial charge in [0.2, 0.25) is 0 Å². The van der Waals surface area contributed by atoms with Crippen LogP contribution < -0.4 is 4.74 Å². The van der Waals surface area contributed by atoms with Gasteiger partial charge in [-0.05, 0) is 27.7 Å². The van der Waals surface area contributed by atoms with Crippen molar-refractivity contribution < 1.29 is 55.3 Å². The summed E-state index contributed by atoms with van der Waals surface area (Å²) >= 11 is 0. The number of carbonyl (C=O) groups excluding carboxylic acids is 2. The number of allylic oxidation sites excluding steroid dienone is 1. The van der Waals surface area contributed by atoms with Gasteiger partial charge in [-0.15, -0.1) is 0 Å². The second kappa shape index (κ2) is 7.83. The summed E-state index contributed by atoms with van der Waals surface area (Å²) in [5.41, 5.74) is -8.09. The molecular weight excluding hydrogens is 541 g/mol. The number of alkyl halides is 3. The van der Waals surface area contributed by atoms with Crippen LogP contribution in [0.1, 0.15) is 62.6 Å². The fourth-order valence-electron chi connectivity index (χ4n) is 5.01. The lowest BCUT2D eigenvalue weighted by Gasteiger charge is -2.27. The van der Waals surface area contributed by atoms with Crippen LogP contribution in [0.15, 0.2) is 5.76 Å². The topological polar surface area (TPSA) is 102 Å².